The highest BCUT2D eigenvalue weighted by Gasteiger charge is 2.20. The van der Waals surface area contributed by atoms with E-state index < -0.39 is 0 Å². The number of halogens is 1. The van der Waals surface area contributed by atoms with E-state index in [1.165, 1.54) is 0 Å². The van der Waals surface area contributed by atoms with E-state index in [0.29, 0.717) is 11.6 Å². The molecule has 0 saturated heterocycles. The van der Waals surface area contributed by atoms with Gasteiger partial charge in [-0.05, 0) is 28.2 Å². The van der Waals surface area contributed by atoms with E-state index in [1.807, 2.05) is 45.0 Å². The summed E-state index contributed by atoms with van der Waals surface area (Å²) in [4.78, 5) is 16.6. The van der Waals surface area contributed by atoms with E-state index in [-0.39, 0.29) is 17.7 Å². The zero-order valence-electron chi connectivity index (χ0n) is 16.8. The Hall–Kier alpha value is -2.95. The number of rotatable bonds is 4. The third-order valence-corrected chi connectivity index (χ3v) is 5.51. The summed E-state index contributed by atoms with van der Waals surface area (Å²) < 4.78 is 6.25. The van der Waals surface area contributed by atoms with Crippen LogP contribution in [0.5, 0.6) is 0 Å². The van der Waals surface area contributed by atoms with Gasteiger partial charge in [-0.3, -0.25) is 9.89 Å². The molecule has 4 rings (SSSR count). The standard InChI is InChI=1S/C21H21IN6O2/c1-21(2,3)14-9-15(28-30-14)25-16(29)8-11-4-6-12(7-5-11)18-17-19(27-26-18)13(22)10-24-20(17)23/h4-7,9-10H,8H2,1-3H3,(H2,23,24)(H,26,27)(H,25,28,29). The predicted octanol–water partition coefficient (Wildman–Crippen LogP) is 4.28. The van der Waals surface area contributed by atoms with Crippen molar-refractivity contribution in [3.63, 3.8) is 0 Å². The first-order valence-electron chi connectivity index (χ1n) is 9.37. The fraction of sp³-hybridized carbons (Fsp3) is 0.238. The fourth-order valence-electron chi connectivity index (χ4n) is 3.07. The number of aromatic amines is 1. The predicted molar refractivity (Wildman–Crippen MR) is 124 cm³/mol. The van der Waals surface area contributed by atoms with Gasteiger partial charge in [-0.2, -0.15) is 5.10 Å². The Balaban J connectivity index is 1.49. The molecular formula is C21H21IN6O2. The Kier molecular flexibility index (Phi) is 5.22. The van der Waals surface area contributed by atoms with Gasteiger partial charge in [0, 0.05) is 23.2 Å². The van der Waals surface area contributed by atoms with Gasteiger partial charge < -0.3 is 15.6 Å². The number of nitrogens with two attached hydrogens (primary N) is 1. The van der Waals surface area contributed by atoms with Gasteiger partial charge in [0.25, 0.3) is 0 Å². The van der Waals surface area contributed by atoms with Crippen molar-refractivity contribution in [3.8, 4) is 11.3 Å². The summed E-state index contributed by atoms with van der Waals surface area (Å²) in [6.45, 7) is 6.06. The first kappa shape index (κ1) is 20.3. The monoisotopic (exact) mass is 516 g/mol. The van der Waals surface area contributed by atoms with Crippen molar-refractivity contribution in [2.75, 3.05) is 11.1 Å². The number of carbonyl (C=O) groups excluding carboxylic acids is 1. The second kappa shape index (κ2) is 7.71. The molecule has 0 aliphatic heterocycles. The number of nitrogens with one attached hydrogen (secondary N) is 2. The maximum atomic E-state index is 12.4. The van der Waals surface area contributed by atoms with Crippen LogP contribution in [0.1, 0.15) is 32.1 Å². The Labute approximate surface area is 186 Å². The lowest BCUT2D eigenvalue weighted by Gasteiger charge is -2.12. The summed E-state index contributed by atoms with van der Waals surface area (Å²) in [5.41, 5.74) is 9.27. The Morgan fingerprint density at radius 3 is 2.67 bits per heavy atom. The molecule has 0 bridgehead atoms. The fourth-order valence-corrected chi connectivity index (χ4v) is 3.60. The zero-order chi connectivity index (χ0) is 21.5. The maximum absolute atomic E-state index is 12.4. The quantitative estimate of drug-likeness (QED) is 0.348. The van der Waals surface area contributed by atoms with E-state index in [0.717, 1.165) is 37.1 Å². The zero-order valence-corrected chi connectivity index (χ0v) is 18.9. The van der Waals surface area contributed by atoms with Gasteiger partial charge in [0.15, 0.2) is 5.82 Å². The largest absolute Gasteiger partial charge is 0.383 e. The Morgan fingerprint density at radius 2 is 2.00 bits per heavy atom. The van der Waals surface area contributed by atoms with Gasteiger partial charge in [-0.1, -0.05) is 50.2 Å². The van der Waals surface area contributed by atoms with Gasteiger partial charge in [-0.25, -0.2) is 4.98 Å². The molecule has 0 atom stereocenters. The summed E-state index contributed by atoms with van der Waals surface area (Å²) in [7, 11) is 0. The third kappa shape index (κ3) is 4.02. The smallest absolute Gasteiger partial charge is 0.230 e. The number of amides is 1. The van der Waals surface area contributed by atoms with Crippen LogP contribution in [0.25, 0.3) is 22.2 Å². The number of nitrogens with zero attached hydrogens (tertiary/aromatic N) is 3. The molecule has 4 aromatic rings. The summed E-state index contributed by atoms with van der Waals surface area (Å²) in [5, 5.41) is 14.9. The summed E-state index contributed by atoms with van der Waals surface area (Å²) in [6, 6.07) is 9.40. The third-order valence-electron chi connectivity index (χ3n) is 4.69. The molecule has 1 aromatic carbocycles. The van der Waals surface area contributed by atoms with Crippen molar-refractivity contribution >= 4 is 51.0 Å². The van der Waals surface area contributed by atoms with Crippen molar-refractivity contribution in [1.29, 1.82) is 0 Å². The molecule has 0 radical (unpaired) electrons. The number of nitrogen functional groups attached to an aromatic ring is 1. The lowest BCUT2D eigenvalue weighted by atomic mass is 9.93. The summed E-state index contributed by atoms with van der Waals surface area (Å²) in [6.07, 6.45) is 1.93. The minimum atomic E-state index is -0.167. The second-order valence-corrected chi connectivity index (χ2v) is 9.22. The highest BCUT2D eigenvalue weighted by atomic mass is 127. The van der Waals surface area contributed by atoms with Crippen molar-refractivity contribution in [1.82, 2.24) is 20.3 Å². The summed E-state index contributed by atoms with van der Waals surface area (Å²) in [5.74, 6) is 1.41. The molecule has 4 N–H and O–H groups in total. The number of carbonyl (C=O) groups is 1. The van der Waals surface area contributed by atoms with Crippen LogP contribution in [0.3, 0.4) is 0 Å². The molecular weight excluding hydrogens is 495 g/mol. The average Bonchev–Trinajstić information content (AvgIpc) is 3.33. The van der Waals surface area contributed by atoms with E-state index in [9.17, 15) is 4.79 Å². The number of aromatic nitrogens is 4. The first-order chi connectivity index (χ1) is 14.2. The van der Waals surface area contributed by atoms with Crippen molar-refractivity contribution in [2.45, 2.75) is 32.6 Å². The van der Waals surface area contributed by atoms with Crippen molar-refractivity contribution < 1.29 is 9.32 Å². The van der Waals surface area contributed by atoms with Crippen LogP contribution in [-0.2, 0) is 16.6 Å². The average molecular weight is 516 g/mol. The van der Waals surface area contributed by atoms with Crippen LogP contribution in [0.2, 0.25) is 0 Å². The number of pyridine rings is 1. The second-order valence-electron chi connectivity index (χ2n) is 8.06. The van der Waals surface area contributed by atoms with E-state index >= 15 is 0 Å². The summed E-state index contributed by atoms with van der Waals surface area (Å²) >= 11 is 2.20. The van der Waals surface area contributed by atoms with Crippen molar-refractivity contribution in [3.05, 3.63) is 51.4 Å². The number of hydrogen-bond donors (Lipinski definition) is 3. The Bertz CT molecular complexity index is 1220. The number of anilines is 2. The Morgan fingerprint density at radius 1 is 1.27 bits per heavy atom. The molecule has 0 fully saturated rings. The first-order valence-corrected chi connectivity index (χ1v) is 10.4. The molecule has 154 valence electrons. The molecule has 0 spiro atoms. The van der Waals surface area contributed by atoms with Crippen LogP contribution in [-0.4, -0.2) is 26.2 Å². The topological polar surface area (TPSA) is 123 Å². The highest BCUT2D eigenvalue weighted by Crippen LogP contribution is 2.32. The van der Waals surface area contributed by atoms with E-state index in [4.69, 9.17) is 10.3 Å². The number of H-pyrrole nitrogens is 1. The highest BCUT2D eigenvalue weighted by molar-refractivity contribution is 14.1. The minimum Gasteiger partial charge on any atom is -0.383 e. The van der Waals surface area contributed by atoms with Gasteiger partial charge in [0.1, 0.15) is 17.3 Å². The van der Waals surface area contributed by atoms with Crippen LogP contribution < -0.4 is 11.1 Å². The number of fused-ring (bicyclic) bond motifs is 1. The molecule has 0 aliphatic carbocycles. The van der Waals surface area contributed by atoms with Gasteiger partial charge in [-0.15, -0.1) is 0 Å². The molecule has 0 saturated carbocycles. The van der Waals surface area contributed by atoms with E-state index in [2.05, 4.69) is 48.2 Å². The van der Waals surface area contributed by atoms with Gasteiger partial charge in [0.05, 0.1) is 20.9 Å². The molecule has 3 heterocycles. The number of hydrogen-bond acceptors (Lipinski definition) is 6. The molecule has 3 aromatic heterocycles. The van der Waals surface area contributed by atoms with Crippen molar-refractivity contribution in [2.24, 2.45) is 0 Å². The lowest BCUT2D eigenvalue weighted by Crippen LogP contribution is -2.14. The van der Waals surface area contributed by atoms with Crippen LogP contribution in [0.15, 0.2) is 41.1 Å². The van der Waals surface area contributed by atoms with E-state index in [1.54, 1.807) is 12.3 Å². The SMILES string of the molecule is CC(C)(C)c1cc(NC(=O)Cc2ccc(-c3n[nH]c4c(I)cnc(N)c34)cc2)no1. The molecule has 1 amide bonds. The molecule has 9 heteroatoms. The molecule has 0 unspecified atom stereocenters. The maximum Gasteiger partial charge on any atom is 0.230 e. The normalized spacial score (nSPS) is 11.7. The molecule has 30 heavy (non-hydrogen) atoms. The van der Waals surface area contributed by atoms with Gasteiger partial charge >= 0.3 is 0 Å². The van der Waals surface area contributed by atoms with Gasteiger partial charge in [0.2, 0.25) is 5.91 Å². The van der Waals surface area contributed by atoms with Crippen LogP contribution >= 0.6 is 22.6 Å². The lowest BCUT2D eigenvalue weighted by molar-refractivity contribution is -0.115. The van der Waals surface area contributed by atoms with Crippen LogP contribution in [0.4, 0.5) is 11.6 Å². The molecule has 0 aliphatic rings. The molecule has 8 nitrogen and oxygen atoms in total. The van der Waals surface area contributed by atoms with Crippen LogP contribution in [0, 0.1) is 3.57 Å². The minimum absolute atomic E-state index is 0.162. The number of benzene rings is 1.